The number of imidazole rings is 1. The van der Waals surface area contributed by atoms with Crippen LogP contribution in [0.5, 0.6) is 0 Å². The lowest BCUT2D eigenvalue weighted by atomic mass is 10.1. The molecule has 3 nitrogen and oxygen atoms in total. The number of pyridine rings is 1. The summed E-state index contributed by atoms with van der Waals surface area (Å²) in [7, 11) is 0. The normalized spacial score (nSPS) is 11.2. The van der Waals surface area contributed by atoms with Crippen LogP contribution in [-0.4, -0.2) is 15.9 Å². The van der Waals surface area contributed by atoms with Crippen molar-refractivity contribution in [3.05, 3.63) is 70.7 Å². The van der Waals surface area contributed by atoms with Gasteiger partial charge in [0.05, 0.1) is 5.69 Å². The minimum atomic E-state index is 0.642. The average molecular weight is 279 g/mol. The molecule has 3 heteroatoms. The number of benzene rings is 1. The number of nitrogens with zero attached hydrogens (tertiary/aromatic N) is 2. The predicted molar refractivity (Wildman–Crippen MR) is 86.7 cm³/mol. The van der Waals surface area contributed by atoms with E-state index in [4.69, 9.17) is 10.7 Å². The first kappa shape index (κ1) is 13.8. The van der Waals surface area contributed by atoms with E-state index in [0.717, 1.165) is 24.2 Å². The molecule has 0 atom stereocenters. The molecule has 0 bridgehead atoms. The van der Waals surface area contributed by atoms with Gasteiger partial charge in [0.1, 0.15) is 5.65 Å². The van der Waals surface area contributed by atoms with Crippen LogP contribution in [0, 0.1) is 13.8 Å². The Morgan fingerprint density at radius 1 is 1.00 bits per heavy atom. The van der Waals surface area contributed by atoms with Gasteiger partial charge in [-0.05, 0) is 37.6 Å². The lowest BCUT2D eigenvalue weighted by Crippen LogP contribution is -2.07. The molecule has 0 radical (unpaired) electrons. The summed E-state index contributed by atoms with van der Waals surface area (Å²) in [6, 6.07) is 12.8. The molecular formula is C18H21N3. The van der Waals surface area contributed by atoms with Gasteiger partial charge in [0.15, 0.2) is 0 Å². The number of nitrogens with two attached hydrogens (primary N) is 1. The number of hydrogen-bond acceptors (Lipinski definition) is 2. The topological polar surface area (TPSA) is 43.3 Å². The van der Waals surface area contributed by atoms with Crippen LogP contribution < -0.4 is 5.73 Å². The molecule has 0 saturated heterocycles. The minimum absolute atomic E-state index is 0.642. The van der Waals surface area contributed by atoms with Crippen molar-refractivity contribution in [1.82, 2.24) is 9.38 Å². The molecule has 0 fully saturated rings. The first-order chi connectivity index (χ1) is 10.2. The van der Waals surface area contributed by atoms with Crippen LogP contribution in [0.2, 0.25) is 0 Å². The van der Waals surface area contributed by atoms with E-state index >= 15 is 0 Å². The Bertz CT molecular complexity index is 754. The molecule has 0 aliphatic heterocycles. The molecule has 2 heterocycles. The second-order valence-electron chi connectivity index (χ2n) is 5.64. The predicted octanol–water partition coefficient (Wildman–Crippen LogP) is 3.04. The fourth-order valence-electron chi connectivity index (χ4n) is 2.69. The van der Waals surface area contributed by atoms with E-state index < -0.39 is 0 Å². The maximum Gasteiger partial charge on any atom is 0.137 e. The van der Waals surface area contributed by atoms with Crippen LogP contribution in [0.4, 0.5) is 0 Å². The molecule has 0 aliphatic carbocycles. The van der Waals surface area contributed by atoms with E-state index in [1.807, 2.05) is 0 Å². The lowest BCUT2D eigenvalue weighted by molar-refractivity contribution is 0.880. The van der Waals surface area contributed by atoms with Crippen molar-refractivity contribution in [3.8, 4) is 0 Å². The fraction of sp³-hybridized carbons (Fsp3) is 0.278. The van der Waals surface area contributed by atoms with Gasteiger partial charge in [-0.1, -0.05) is 35.9 Å². The standard InChI is InChI=1S/C18H21N3/c1-13-3-6-15(7-4-13)11-16-17(9-10-19)21-12-14(2)5-8-18(21)20-16/h3-8,12H,9-11,19H2,1-2H3. The van der Waals surface area contributed by atoms with E-state index in [1.54, 1.807) is 0 Å². The summed E-state index contributed by atoms with van der Waals surface area (Å²) in [5, 5.41) is 0. The molecule has 1 aromatic carbocycles. The third-order valence-corrected chi connectivity index (χ3v) is 3.82. The van der Waals surface area contributed by atoms with Crippen molar-refractivity contribution in [3.63, 3.8) is 0 Å². The summed E-state index contributed by atoms with van der Waals surface area (Å²) in [5.74, 6) is 0. The van der Waals surface area contributed by atoms with Crippen LogP contribution in [0.25, 0.3) is 5.65 Å². The number of rotatable bonds is 4. The SMILES string of the molecule is Cc1ccc(Cc2nc3ccc(C)cn3c2CCN)cc1. The summed E-state index contributed by atoms with van der Waals surface area (Å²) in [6.45, 7) is 4.85. The second kappa shape index (κ2) is 5.70. The molecule has 2 aromatic heterocycles. The van der Waals surface area contributed by atoms with Gasteiger partial charge in [-0.25, -0.2) is 4.98 Å². The number of fused-ring (bicyclic) bond motifs is 1. The van der Waals surface area contributed by atoms with Gasteiger partial charge in [0.25, 0.3) is 0 Å². The summed E-state index contributed by atoms with van der Waals surface area (Å²) in [4.78, 5) is 4.80. The van der Waals surface area contributed by atoms with E-state index in [1.165, 1.54) is 22.4 Å². The highest BCUT2D eigenvalue weighted by Gasteiger charge is 2.12. The van der Waals surface area contributed by atoms with Crippen molar-refractivity contribution in [2.75, 3.05) is 6.54 Å². The number of hydrogen-bond donors (Lipinski definition) is 1. The van der Waals surface area contributed by atoms with Gasteiger partial charge in [0.2, 0.25) is 0 Å². The summed E-state index contributed by atoms with van der Waals surface area (Å²) < 4.78 is 2.19. The maximum atomic E-state index is 5.79. The van der Waals surface area contributed by atoms with Gasteiger partial charge in [0, 0.05) is 24.7 Å². The van der Waals surface area contributed by atoms with Crippen molar-refractivity contribution in [1.29, 1.82) is 0 Å². The first-order valence-electron chi connectivity index (χ1n) is 7.39. The van der Waals surface area contributed by atoms with E-state index in [-0.39, 0.29) is 0 Å². The molecule has 21 heavy (non-hydrogen) atoms. The van der Waals surface area contributed by atoms with Crippen molar-refractivity contribution >= 4 is 5.65 Å². The van der Waals surface area contributed by atoms with E-state index in [2.05, 4.69) is 60.8 Å². The Hall–Kier alpha value is -2.13. The van der Waals surface area contributed by atoms with Crippen LogP contribution in [0.1, 0.15) is 28.1 Å². The molecular weight excluding hydrogens is 258 g/mol. The smallest absolute Gasteiger partial charge is 0.137 e. The molecule has 3 rings (SSSR count). The molecule has 2 N–H and O–H groups in total. The molecule has 0 saturated carbocycles. The second-order valence-corrected chi connectivity index (χ2v) is 5.64. The zero-order valence-corrected chi connectivity index (χ0v) is 12.6. The van der Waals surface area contributed by atoms with E-state index in [9.17, 15) is 0 Å². The fourth-order valence-corrected chi connectivity index (χ4v) is 2.69. The molecule has 108 valence electrons. The van der Waals surface area contributed by atoms with E-state index in [0.29, 0.717) is 6.54 Å². The number of aryl methyl sites for hydroxylation is 2. The van der Waals surface area contributed by atoms with Crippen LogP contribution in [0.15, 0.2) is 42.6 Å². The van der Waals surface area contributed by atoms with Crippen LogP contribution in [0.3, 0.4) is 0 Å². The summed E-state index contributed by atoms with van der Waals surface area (Å²) in [6.07, 6.45) is 3.86. The largest absolute Gasteiger partial charge is 0.330 e. The Kier molecular flexibility index (Phi) is 3.76. The highest BCUT2D eigenvalue weighted by molar-refractivity contribution is 5.46. The van der Waals surface area contributed by atoms with Crippen molar-refractivity contribution in [2.45, 2.75) is 26.7 Å². The highest BCUT2D eigenvalue weighted by Crippen LogP contribution is 2.18. The Balaban J connectivity index is 2.04. The summed E-state index contributed by atoms with van der Waals surface area (Å²) >= 11 is 0. The zero-order chi connectivity index (χ0) is 14.8. The Morgan fingerprint density at radius 2 is 1.71 bits per heavy atom. The quantitative estimate of drug-likeness (QED) is 0.797. The van der Waals surface area contributed by atoms with Gasteiger partial charge in [-0.2, -0.15) is 0 Å². The van der Waals surface area contributed by atoms with Gasteiger partial charge < -0.3 is 10.1 Å². The lowest BCUT2D eigenvalue weighted by Gasteiger charge is -2.05. The van der Waals surface area contributed by atoms with Gasteiger partial charge in [-0.15, -0.1) is 0 Å². The Morgan fingerprint density at radius 3 is 2.43 bits per heavy atom. The Labute approximate surface area is 125 Å². The highest BCUT2D eigenvalue weighted by atomic mass is 15.0. The molecule has 0 amide bonds. The van der Waals surface area contributed by atoms with Crippen molar-refractivity contribution in [2.24, 2.45) is 5.73 Å². The molecule has 0 aliphatic rings. The number of aromatic nitrogens is 2. The minimum Gasteiger partial charge on any atom is -0.330 e. The monoisotopic (exact) mass is 279 g/mol. The maximum absolute atomic E-state index is 5.79. The van der Waals surface area contributed by atoms with Gasteiger partial charge >= 0.3 is 0 Å². The third kappa shape index (κ3) is 2.83. The first-order valence-corrected chi connectivity index (χ1v) is 7.39. The zero-order valence-electron chi connectivity index (χ0n) is 12.6. The third-order valence-electron chi connectivity index (χ3n) is 3.82. The van der Waals surface area contributed by atoms with Crippen molar-refractivity contribution < 1.29 is 0 Å². The molecule has 3 aromatic rings. The average Bonchev–Trinajstić information content (AvgIpc) is 2.79. The van der Waals surface area contributed by atoms with Gasteiger partial charge in [-0.3, -0.25) is 0 Å². The van der Waals surface area contributed by atoms with Crippen LogP contribution >= 0.6 is 0 Å². The van der Waals surface area contributed by atoms with Crippen LogP contribution in [-0.2, 0) is 12.8 Å². The molecule has 0 spiro atoms. The molecule has 0 unspecified atom stereocenters. The summed E-state index contributed by atoms with van der Waals surface area (Å²) in [5.41, 5.74) is 13.0.